The van der Waals surface area contributed by atoms with Crippen LogP contribution >= 0.6 is 0 Å². The van der Waals surface area contributed by atoms with Crippen molar-refractivity contribution in [1.82, 2.24) is 0 Å². The molecule has 2 aromatic carbocycles. The SMILES string of the molecule is CCN1C(=CC=CC2=[N+](CCCCCC(=O)O)c3ccc(S(=O)(=O)[O-])cc3C2(C)C)C(C)(C)c2cc(S(=O)(=O)[O-])ccc21.[K+]. The maximum absolute atomic E-state index is 11.8. The molecule has 4 rings (SSSR count). The Morgan fingerprint density at radius 2 is 1.50 bits per heavy atom. The van der Waals surface area contributed by atoms with Gasteiger partial charge in [-0.15, -0.1) is 0 Å². The Morgan fingerprint density at radius 1 is 0.909 bits per heavy atom. The van der Waals surface area contributed by atoms with Gasteiger partial charge in [-0.25, -0.2) is 16.8 Å². The van der Waals surface area contributed by atoms with E-state index >= 15 is 0 Å². The molecule has 0 aliphatic carbocycles. The molecule has 0 saturated heterocycles. The molecule has 2 aromatic rings. The van der Waals surface area contributed by atoms with Gasteiger partial charge in [-0.05, 0) is 75.6 Å². The van der Waals surface area contributed by atoms with E-state index in [1.54, 1.807) is 12.1 Å². The van der Waals surface area contributed by atoms with E-state index in [2.05, 4.69) is 9.48 Å². The fraction of sp³-hybridized carbons (Fsp3) is 0.419. The van der Waals surface area contributed by atoms with Crippen LogP contribution in [0.4, 0.5) is 11.4 Å². The summed E-state index contributed by atoms with van der Waals surface area (Å²) in [5.41, 5.74) is 3.61. The minimum absolute atomic E-state index is 0. The van der Waals surface area contributed by atoms with Crippen LogP contribution in [0, 0.1) is 0 Å². The Hall–Kier alpha value is -1.68. The number of carboxylic acids is 1. The second kappa shape index (κ2) is 13.6. The molecule has 1 N–H and O–H groups in total. The van der Waals surface area contributed by atoms with Gasteiger partial charge in [-0.2, -0.15) is 4.58 Å². The number of fused-ring (bicyclic) bond motifs is 2. The molecular weight excluding hydrogens is 632 g/mol. The minimum atomic E-state index is -4.65. The van der Waals surface area contributed by atoms with E-state index < -0.39 is 37.0 Å². The van der Waals surface area contributed by atoms with E-state index in [0.717, 1.165) is 28.3 Å². The number of hydrogen-bond acceptors (Lipinski definition) is 8. The molecular formula is C31H37KN2O8S2. The van der Waals surface area contributed by atoms with Gasteiger partial charge in [0.05, 0.1) is 15.2 Å². The Bertz CT molecular complexity index is 1780. The largest absolute Gasteiger partial charge is 1.00 e. The van der Waals surface area contributed by atoms with E-state index in [0.29, 0.717) is 37.9 Å². The molecule has 0 radical (unpaired) electrons. The van der Waals surface area contributed by atoms with Crippen LogP contribution in [-0.2, 0) is 35.9 Å². The Kier molecular flexibility index (Phi) is 11.4. The maximum atomic E-state index is 11.8. The van der Waals surface area contributed by atoms with Gasteiger partial charge in [0, 0.05) is 53.9 Å². The van der Waals surface area contributed by atoms with Gasteiger partial charge < -0.3 is 19.1 Å². The second-order valence-corrected chi connectivity index (χ2v) is 14.7. The topological polar surface area (TPSA) is 158 Å². The van der Waals surface area contributed by atoms with Crippen LogP contribution in [0.5, 0.6) is 0 Å². The maximum Gasteiger partial charge on any atom is 1.00 e. The zero-order chi connectivity index (χ0) is 32.0. The molecule has 10 nitrogen and oxygen atoms in total. The van der Waals surface area contributed by atoms with Crippen molar-refractivity contribution in [2.24, 2.45) is 0 Å². The molecule has 0 aromatic heterocycles. The fourth-order valence-corrected chi connectivity index (χ4v) is 7.15. The van der Waals surface area contributed by atoms with E-state index in [1.165, 1.54) is 24.3 Å². The van der Waals surface area contributed by atoms with Gasteiger partial charge in [-0.3, -0.25) is 4.79 Å². The number of carboxylic acid groups (broad SMARTS) is 1. The number of hydrogen-bond donors (Lipinski definition) is 1. The predicted molar refractivity (Wildman–Crippen MR) is 161 cm³/mol. The fourth-order valence-electron chi connectivity index (χ4n) is 6.16. The molecule has 2 aliphatic rings. The zero-order valence-corrected chi connectivity index (χ0v) is 30.7. The monoisotopic (exact) mass is 668 g/mol. The molecule has 0 unspecified atom stereocenters. The number of nitrogens with zero attached hydrogens (tertiary/aromatic N) is 2. The van der Waals surface area contributed by atoms with Crippen LogP contribution in [0.1, 0.15) is 71.4 Å². The molecule has 0 saturated carbocycles. The Morgan fingerprint density at radius 3 is 2.07 bits per heavy atom. The van der Waals surface area contributed by atoms with Crippen LogP contribution in [-0.4, -0.2) is 60.4 Å². The minimum Gasteiger partial charge on any atom is -0.744 e. The van der Waals surface area contributed by atoms with Crippen LogP contribution in [0.25, 0.3) is 0 Å². The summed E-state index contributed by atoms with van der Waals surface area (Å²) in [4.78, 5) is 12.4. The summed E-state index contributed by atoms with van der Waals surface area (Å²) < 4.78 is 72.7. The summed E-state index contributed by atoms with van der Waals surface area (Å²) in [5.74, 6) is -0.841. The number of allylic oxidation sites excluding steroid dienone is 4. The summed E-state index contributed by atoms with van der Waals surface area (Å²) in [6.07, 6.45) is 7.86. The van der Waals surface area contributed by atoms with Gasteiger partial charge in [0.25, 0.3) is 0 Å². The third-order valence-electron chi connectivity index (χ3n) is 8.40. The summed E-state index contributed by atoms with van der Waals surface area (Å²) in [5, 5.41) is 8.98. The van der Waals surface area contributed by atoms with Crippen LogP contribution in [0.15, 0.2) is 70.1 Å². The van der Waals surface area contributed by atoms with Crippen molar-refractivity contribution in [3.05, 3.63) is 71.5 Å². The van der Waals surface area contributed by atoms with Gasteiger partial charge >= 0.3 is 57.4 Å². The molecule has 0 atom stereocenters. The van der Waals surface area contributed by atoms with Crippen molar-refractivity contribution in [2.75, 3.05) is 18.0 Å². The number of anilines is 1. The summed E-state index contributed by atoms with van der Waals surface area (Å²) >= 11 is 0. The van der Waals surface area contributed by atoms with Crippen molar-refractivity contribution in [3.63, 3.8) is 0 Å². The number of benzene rings is 2. The third kappa shape index (κ3) is 7.31. The molecule has 0 fully saturated rings. The zero-order valence-electron chi connectivity index (χ0n) is 26.0. The summed E-state index contributed by atoms with van der Waals surface area (Å²) in [7, 11) is -9.27. The van der Waals surface area contributed by atoms with Crippen molar-refractivity contribution < 1.29 is 91.8 Å². The number of unbranched alkanes of at least 4 members (excludes halogenated alkanes) is 2. The molecule has 0 bridgehead atoms. The Labute approximate surface area is 302 Å². The van der Waals surface area contributed by atoms with E-state index in [9.17, 15) is 30.7 Å². The molecule has 44 heavy (non-hydrogen) atoms. The van der Waals surface area contributed by atoms with Gasteiger partial charge in [-0.1, -0.05) is 19.9 Å². The number of likely N-dealkylation sites (N-methyl/N-ethyl adjacent to an activating group) is 1. The van der Waals surface area contributed by atoms with Crippen LogP contribution < -0.4 is 56.3 Å². The van der Waals surface area contributed by atoms with E-state index in [-0.39, 0.29) is 67.6 Å². The third-order valence-corrected chi connectivity index (χ3v) is 10.1. The first-order valence-electron chi connectivity index (χ1n) is 14.1. The van der Waals surface area contributed by atoms with Gasteiger partial charge in [0.2, 0.25) is 5.69 Å². The molecule has 232 valence electrons. The number of carbonyl (C=O) groups is 1. The van der Waals surface area contributed by atoms with Crippen LogP contribution in [0.2, 0.25) is 0 Å². The quantitative estimate of drug-likeness (QED) is 0.163. The van der Waals surface area contributed by atoms with Crippen molar-refractivity contribution in [2.45, 2.75) is 80.9 Å². The molecule has 0 amide bonds. The van der Waals surface area contributed by atoms with Crippen molar-refractivity contribution >= 4 is 43.3 Å². The summed E-state index contributed by atoms with van der Waals surface area (Å²) in [6, 6.07) is 8.84. The normalized spacial score (nSPS) is 18.1. The van der Waals surface area contributed by atoms with Crippen molar-refractivity contribution in [1.29, 1.82) is 0 Å². The molecule has 2 aliphatic heterocycles. The molecule has 0 spiro atoms. The number of rotatable bonds is 11. The molecule has 2 heterocycles. The second-order valence-electron chi connectivity index (χ2n) is 11.9. The average Bonchev–Trinajstić information content (AvgIpc) is 3.25. The van der Waals surface area contributed by atoms with E-state index in [4.69, 9.17) is 5.11 Å². The standard InChI is InChI=1S/C31H38N2O8S2.K/c1-6-32-25-16-14-21(42(36,37)38)19-23(25)30(2,3)27(32)11-10-12-28-31(4,5)24-20-22(43(39,40)41)15-17-26(24)33(28)18-9-7-8-13-29(34)35;/h10-12,14-17,19-20H,6-9,13,18H2,1-5H3,(H2-,34,35,36,37,38,39,40,41);/q;+1/p-1. The van der Waals surface area contributed by atoms with Crippen molar-refractivity contribution in [3.8, 4) is 0 Å². The molecule has 13 heteroatoms. The van der Waals surface area contributed by atoms with E-state index in [1.807, 2.05) is 52.8 Å². The summed E-state index contributed by atoms with van der Waals surface area (Å²) in [6.45, 7) is 11.0. The van der Waals surface area contributed by atoms with Gasteiger partial charge in [0.15, 0.2) is 5.71 Å². The smallest absolute Gasteiger partial charge is 0.744 e. The average molecular weight is 669 g/mol. The van der Waals surface area contributed by atoms with Crippen LogP contribution in [0.3, 0.4) is 0 Å². The number of aliphatic carboxylic acids is 1. The van der Waals surface area contributed by atoms with Gasteiger partial charge in [0.1, 0.15) is 26.8 Å². The first-order chi connectivity index (χ1) is 19.9. The first-order valence-corrected chi connectivity index (χ1v) is 17.0. The first kappa shape index (κ1) is 36.8. The Balaban J connectivity index is 0.00000529. The predicted octanol–water partition coefficient (Wildman–Crippen LogP) is 1.78.